The minimum atomic E-state index is 0.0105. The Labute approximate surface area is 119 Å². The van der Waals surface area contributed by atoms with Crippen molar-refractivity contribution in [1.82, 2.24) is 9.80 Å². The molecule has 1 fully saturated rings. The van der Waals surface area contributed by atoms with Crippen LogP contribution in [0.3, 0.4) is 0 Å². The van der Waals surface area contributed by atoms with Crippen molar-refractivity contribution < 1.29 is 4.79 Å². The topological polar surface area (TPSA) is 49.6 Å². The van der Waals surface area contributed by atoms with E-state index in [2.05, 4.69) is 21.7 Å². The molecule has 0 radical (unpaired) electrons. The number of nitrogens with zero attached hydrogens (tertiary/aromatic N) is 2. The van der Waals surface area contributed by atoms with Crippen LogP contribution in [-0.4, -0.2) is 47.9 Å². The zero-order valence-corrected chi connectivity index (χ0v) is 12.4. The molecule has 5 heteroatoms. The number of piperazine rings is 1. The Hall–Kier alpha value is -0.910. The fraction of sp³-hybridized carbons (Fsp3) is 0.643. The number of carbonyl (C=O) groups is 1. The highest BCUT2D eigenvalue weighted by molar-refractivity contribution is 7.07. The highest BCUT2D eigenvalue weighted by atomic mass is 32.1. The number of amides is 1. The smallest absolute Gasteiger partial charge is 0.224 e. The zero-order valence-electron chi connectivity index (χ0n) is 11.5. The van der Waals surface area contributed by atoms with E-state index in [-0.39, 0.29) is 11.9 Å². The lowest BCUT2D eigenvalue weighted by molar-refractivity contribution is -0.133. The number of hydrogen-bond donors (Lipinski definition) is 1. The largest absolute Gasteiger partial charge is 0.340 e. The van der Waals surface area contributed by atoms with E-state index in [9.17, 15) is 4.79 Å². The molecular formula is C14H23N3OS. The molecule has 106 valence electrons. The summed E-state index contributed by atoms with van der Waals surface area (Å²) in [6, 6.07) is 2.18. The number of nitrogens with two attached hydrogens (primary N) is 1. The van der Waals surface area contributed by atoms with E-state index < -0.39 is 0 Å². The normalized spacial score (nSPS) is 18.5. The van der Waals surface area contributed by atoms with Gasteiger partial charge in [0.2, 0.25) is 5.91 Å². The van der Waals surface area contributed by atoms with Crippen molar-refractivity contribution in [3.8, 4) is 0 Å². The van der Waals surface area contributed by atoms with Gasteiger partial charge < -0.3 is 10.6 Å². The predicted molar refractivity (Wildman–Crippen MR) is 79.1 cm³/mol. The van der Waals surface area contributed by atoms with Crippen LogP contribution < -0.4 is 5.73 Å². The number of carbonyl (C=O) groups excluding carboxylic acids is 1. The maximum atomic E-state index is 12.0. The van der Waals surface area contributed by atoms with Crippen LogP contribution >= 0.6 is 11.3 Å². The maximum absolute atomic E-state index is 12.0. The van der Waals surface area contributed by atoms with Crippen molar-refractivity contribution in [2.45, 2.75) is 32.4 Å². The second kappa shape index (κ2) is 7.03. The van der Waals surface area contributed by atoms with Gasteiger partial charge in [0.25, 0.3) is 0 Å². The average Bonchev–Trinajstić information content (AvgIpc) is 2.92. The standard InChI is InChI=1S/C14H23N3OS/c1-2-13(15)9-14(18)17-6-4-16(5-7-17)10-12-3-8-19-11-12/h3,8,11,13H,2,4-7,9-10,15H2,1H3. The monoisotopic (exact) mass is 281 g/mol. The minimum absolute atomic E-state index is 0.0105. The third-order valence-electron chi connectivity index (χ3n) is 3.67. The van der Waals surface area contributed by atoms with Crippen molar-refractivity contribution in [1.29, 1.82) is 0 Å². The van der Waals surface area contributed by atoms with Crippen LogP contribution in [0, 0.1) is 0 Å². The quantitative estimate of drug-likeness (QED) is 0.890. The SMILES string of the molecule is CCC(N)CC(=O)N1CCN(Cc2ccsc2)CC1. The van der Waals surface area contributed by atoms with Crippen molar-refractivity contribution in [2.75, 3.05) is 26.2 Å². The van der Waals surface area contributed by atoms with E-state index in [1.165, 1.54) is 5.56 Å². The first kappa shape index (κ1) is 14.5. The Kier molecular flexibility index (Phi) is 5.36. The summed E-state index contributed by atoms with van der Waals surface area (Å²) in [6.45, 7) is 6.61. The fourth-order valence-electron chi connectivity index (χ4n) is 2.29. The molecule has 1 aliphatic heterocycles. The molecule has 1 unspecified atom stereocenters. The molecule has 0 aromatic carbocycles. The lowest BCUT2D eigenvalue weighted by atomic mass is 10.1. The van der Waals surface area contributed by atoms with Gasteiger partial charge in [-0.1, -0.05) is 6.92 Å². The van der Waals surface area contributed by atoms with Gasteiger partial charge in [0.1, 0.15) is 0 Å². The van der Waals surface area contributed by atoms with E-state index >= 15 is 0 Å². The van der Waals surface area contributed by atoms with Crippen LogP contribution in [0.15, 0.2) is 16.8 Å². The van der Waals surface area contributed by atoms with Crippen LogP contribution in [0.2, 0.25) is 0 Å². The first-order chi connectivity index (χ1) is 9.19. The van der Waals surface area contributed by atoms with E-state index in [0.717, 1.165) is 39.1 Å². The second-order valence-electron chi connectivity index (χ2n) is 5.16. The molecule has 2 rings (SSSR count). The first-order valence-corrected chi connectivity index (χ1v) is 7.90. The van der Waals surface area contributed by atoms with Gasteiger partial charge in [-0.3, -0.25) is 9.69 Å². The third kappa shape index (κ3) is 4.30. The molecule has 4 nitrogen and oxygen atoms in total. The van der Waals surface area contributed by atoms with Crippen LogP contribution in [0.1, 0.15) is 25.3 Å². The molecule has 0 bridgehead atoms. The van der Waals surface area contributed by atoms with Crippen molar-refractivity contribution >= 4 is 17.2 Å². The van der Waals surface area contributed by atoms with Crippen molar-refractivity contribution in [3.05, 3.63) is 22.4 Å². The molecule has 0 spiro atoms. The van der Waals surface area contributed by atoms with Gasteiger partial charge in [0, 0.05) is 45.2 Å². The van der Waals surface area contributed by atoms with Gasteiger partial charge in [0.15, 0.2) is 0 Å². The Morgan fingerprint density at radius 3 is 2.74 bits per heavy atom. The molecule has 1 atom stereocenters. The Balaban J connectivity index is 1.74. The summed E-state index contributed by atoms with van der Waals surface area (Å²) in [6.07, 6.45) is 1.35. The van der Waals surface area contributed by atoms with Crippen molar-refractivity contribution in [2.24, 2.45) is 5.73 Å². The summed E-state index contributed by atoms with van der Waals surface area (Å²) in [5, 5.41) is 4.30. The molecule has 2 N–H and O–H groups in total. The molecule has 0 aliphatic carbocycles. The van der Waals surface area contributed by atoms with E-state index in [1.54, 1.807) is 11.3 Å². The fourth-order valence-corrected chi connectivity index (χ4v) is 2.95. The summed E-state index contributed by atoms with van der Waals surface area (Å²) in [5.41, 5.74) is 7.21. The van der Waals surface area contributed by atoms with Gasteiger partial charge in [-0.05, 0) is 28.8 Å². The van der Waals surface area contributed by atoms with Gasteiger partial charge in [-0.2, -0.15) is 11.3 Å². The van der Waals surface area contributed by atoms with E-state index in [0.29, 0.717) is 6.42 Å². The van der Waals surface area contributed by atoms with Crippen molar-refractivity contribution in [3.63, 3.8) is 0 Å². The Bertz CT molecular complexity index is 385. The van der Waals surface area contributed by atoms with Crippen LogP contribution in [-0.2, 0) is 11.3 Å². The van der Waals surface area contributed by atoms with Crippen LogP contribution in [0.5, 0.6) is 0 Å². The lowest BCUT2D eigenvalue weighted by Crippen LogP contribution is -2.49. The average molecular weight is 281 g/mol. The summed E-state index contributed by atoms with van der Waals surface area (Å²) in [7, 11) is 0. The second-order valence-corrected chi connectivity index (χ2v) is 5.94. The molecule has 2 heterocycles. The van der Waals surface area contributed by atoms with E-state index in [1.807, 2.05) is 11.8 Å². The van der Waals surface area contributed by atoms with Crippen LogP contribution in [0.4, 0.5) is 0 Å². The van der Waals surface area contributed by atoms with Gasteiger partial charge >= 0.3 is 0 Å². The highest BCUT2D eigenvalue weighted by Gasteiger charge is 2.22. The summed E-state index contributed by atoms with van der Waals surface area (Å²) >= 11 is 1.74. The van der Waals surface area contributed by atoms with Gasteiger partial charge in [0.05, 0.1) is 0 Å². The zero-order chi connectivity index (χ0) is 13.7. The number of thiophene rings is 1. The van der Waals surface area contributed by atoms with Gasteiger partial charge in [-0.25, -0.2) is 0 Å². The minimum Gasteiger partial charge on any atom is -0.340 e. The summed E-state index contributed by atoms with van der Waals surface area (Å²) in [4.78, 5) is 16.4. The molecule has 1 saturated heterocycles. The predicted octanol–water partition coefficient (Wildman–Crippen LogP) is 1.52. The first-order valence-electron chi connectivity index (χ1n) is 6.96. The van der Waals surface area contributed by atoms with Gasteiger partial charge in [-0.15, -0.1) is 0 Å². The molecule has 1 aromatic rings. The summed E-state index contributed by atoms with van der Waals surface area (Å²) in [5.74, 6) is 0.213. The summed E-state index contributed by atoms with van der Waals surface area (Å²) < 4.78 is 0. The Morgan fingerprint density at radius 1 is 1.42 bits per heavy atom. The number of hydrogen-bond acceptors (Lipinski definition) is 4. The van der Waals surface area contributed by atoms with E-state index in [4.69, 9.17) is 5.73 Å². The highest BCUT2D eigenvalue weighted by Crippen LogP contribution is 2.12. The lowest BCUT2D eigenvalue weighted by Gasteiger charge is -2.35. The molecule has 19 heavy (non-hydrogen) atoms. The molecular weight excluding hydrogens is 258 g/mol. The number of rotatable bonds is 5. The third-order valence-corrected chi connectivity index (χ3v) is 4.40. The maximum Gasteiger partial charge on any atom is 0.224 e. The molecule has 1 aliphatic rings. The Morgan fingerprint density at radius 2 is 2.16 bits per heavy atom. The van der Waals surface area contributed by atoms with Crippen LogP contribution in [0.25, 0.3) is 0 Å². The molecule has 0 saturated carbocycles. The molecule has 1 aromatic heterocycles. The molecule has 1 amide bonds.